The number of nitrogens with one attached hydrogen (secondary N) is 3. The molecule has 0 bridgehead atoms. The molecule has 2 aromatic heterocycles. The molecule has 0 unspecified atom stereocenters. The van der Waals surface area contributed by atoms with Crippen molar-refractivity contribution in [3.63, 3.8) is 0 Å². The Morgan fingerprint density at radius 2 is 1.74 bits per heavy atom. The summed E-state index contributed by atoms with van der Waals surface area (Å²) in [4.78, 5) is 12.3. The fourth-order valence-electron chi connectivity index (χ4n) is 5.16. The molecule has 0 spiro atoms. The number of aromatic nitrogens is 3. The highest BCUT2D eigenvalue weighted by molar-refractivity contribution is 9.10. The lowest BCUT2D eigenvalue weighted by atomic mass is 9.92. The molecule has 3 aromatic rings. The quantitative estimate of drug-likeness (QED) is 0.378. The average Bonchev–Trinajstić information content (AvgIpc) is 3.15. The Kier molecular flexibility index (Phi) is 7.17. The maximum atomic E-state index is 8.96. The van der Waals surface area contributed by atoms with E-state index in [1.54, 1.807) is 0 Å². The van der Waals surface area contributed by atoms with Crippen molar-refractivity contribution >= 4 is 50.2 Å². The fourth-order valence-corrected chi connectivity index (χ4v) is 5.84. The molecule has 3 heterocycles. The van der Waals surface area contributed by atoms with Gasteiger partial charge in [0, 0.05) is 45.1 Å². The molecule has 0 radical (unpaired) electrons. The molecule has 34 heavy (non-hydrogen) atoms. The minimum absolute atomic E-state index is 0.602. The predicted octanol–water partition coefficient (Wildman–Crippen LogP) is 5.45. The predicted molar refractivity (Wildman–Crippen MR) is 144 cm³/mol. The van der Waals surface area contributed by atoms with E-state index in [0.717, 1.165) is 82.0 Å². The van der Waals surface area contributed by atoms with Crippen LogP contribution in [0.4, 0.5) is 23.3 Å². The molecule has 0 aliphatic carbocycles. The summed E-state index contributed by atoms with van der Waals surface area (Å²) in [6, 6.07) is 6.57. The lowest BCUT2D eigenvalue weighted by molar-refractivity contribution is 0.384. The summed E-state index contributed by atoms with van der Waals surface area (Å²) in [5, 5.41) is 20.0. The van der Waals surface area contributed by atoms with E-state index in [4.69, 9.17) is 15.2 Å². The molecular weight excluding hydrogens is 492 g/mol. The third kappa shape index (κ3) is 4.27. The summed E-state index contributed by atoms with van der Waals surface area (Å²) in [5.41, 5.74) is 5.28. The summed E-state index contributed by atoms with van der Waals surface area (Å²) in [7, 11) is 5.76. The highest BCUT2D eigenvalue weighted by Crippen LogP contribution is 2.43. The maximum Gasteiger partial charge on any atom is 0.226 e. The molecule has 0 atom stereocenters. The Morgan fingerprint density at radius 1 is 1.06 bits per heavy atom. The molecule has 1 fully saturated rings. The molecule has 3 N–H and O–H groups in total. The number of benzene rings is 1. The van der Waals surface area contributed by atoms with Crippen molar-refractivity contribution in [3.8, 4) is 11.8 Å². The van der Waals surface area contributed by atoms with Crippen LogP contribution in [0, 0.1) is 31.1 Å². The van der Waals surface area contributed by atoms with Gasteiger partial charge >= 0.3 is 0 Å². The molecule has 1 aliphatic rings. The SMILES string of the molecule is CNc1nc(N2CCC(CCC#N)CC2)c2c(NC)c(NC)n(-c3c(C)cc(Br)cc3C)c2n1. The van der Waals surface area contributed by atoms with E-state index >= 15 is 0 Å². The van der Waals surface area contributed by atoms with Crippen LogP contribution in [-0.4, -0.2) is 48.8 Å². The Morgan fingerprint density at radius 3 is 2.29 bits per heavy atom. The lowest BCUT2D eigenvalue weighted by Crippen LogP contribution is -2.34. The summed E-state index contributed by atoms with van der Waals surface area (Å²) in [5.74, 6) is 3.11. The molecule has 180 valence electrons. The number of halogens is 1. The highest BCUT2D eigenvalue weighted by atomic mass is 79.9. The van der Waals surface area contributed by atoms with E-state index in [0.29, 0.717) is 18.3 Å². The summed E-state index contributed by atoms with van der Waals surface area (Å²) >= 11 is 3.63. The molecule has 0 amide bonds. The van der Waals surface area contributed by atoms with E-state index in [1.807, 2.05) is 21.1 Å². The number of piperidine rings is 1. The molecule has 1 aromatic carbocycles. The third-order valence-corrected chi connectivity index (χ3v) is 7.22. The monoisotopic (exact) mass is 524 g/mol. The zero-order valence-electron chi connectivity index (χ0n) is 20.6. The second-order valence-corrected chi connectivity index (χ2v) is 9.81. The summed E-state index contributed by atoms with van der Waals surface area (Å²) in [6.45, 7) is 6.10. The summed E-state index contributed by atoms with van der Waals surface area (Å²) < 4.78 is 3.28. The van der Waals surface area contributed by atoms with Gasteiger partial charge in [0.05, 0.1) is 22.8 Å². The van der Waals surface area contributed by atoms with Crippen LogP contribution in [0.2, 0.25) is 0 Å². The highest BCUT2D eigenvalue weighted by Gasteiger charge is 2.28. The van der Waals surface area contributed by atoms with Crippen LogP contribution in [-0.2, 0) is 0 Å². The number of aryl methyl sites for hydroxylation is 2. The molecular formula is C25H33BrN8. The Bertz CT molecular complexity index is 1210. The zero-order valence-corrected chi connectivity index (χ0v) is 22.2. The zero-order chi connectivity index (χ0) is 24.4. The van der Waals surface area contributed by atoms with Crippen molar-refractivity contribution < 1.29 is 0 Å². The van der Waals surface area contributed by atoms with Gasteiger partial charge in [-0.2, -0.15) is 15.2 Å². The number of anilines is 4. The van der Waals surface area contributed by atoms with Gasteiger partial charge in [-0.25, -0.2) is 0 Å². The molecule has 4 rings (SSSR count). The van der Waals surface area contributed by atoms with Gasteiger partial charge in [-0.3, -0.25) is 4.57 Å². The normalized spacial score (nSPS) is 14.3. The van der Waals surface area contributed by atoms with Crippen LogP contribution >= 0.6 is 15.9 Å². The maximum absolute atomic E-state index is 8.96. The minimum atomic E-state index is 0.602. The first-order valence-electron chi connectivity index (χ1n) is 11.8. The standard InChI is InChI=1S/C25H33BrN8/c1-15-13-18(26)14-16(2)21(15)34-23-19(20(28-3)24(34)29-4)22(31-25(30-5)32-23)33-11-8-17(9-12-33)7-6-10-27/h13-14,17,28-29H,6-9,11-12H2,1-5H3,(H,30,31,32). The van der Waals surface area contributed by atoms with Crippen molar-refractivity contribution in [2.24, 2.45) is 5.92 Å². The van der Waals surface area contributed by atoms with Crippen molar-refractivity contribution in [1.29, 1.82) is 5.26 Å². The molecule has 8 nitrogen and oxygen atoms in total. The van der Waals surface area contributed by atoms with Gasteiger partial charge in [0.1, 0.15) is 11.6 Å². The van der Waals surface area contributed by atoms with Crippen molar-refractivity contribution in [2.45, 2.75) is 39.5 Å². The van der Waals surface area contributed by atoms with Gasteiger partial charge in [0.25, 0.3) is 0 Å². The van der Waals surface area contributed by atoms with Crippen LogP contribution < -0.4 is 20.9 Å². The Labute approximate surface area is 209 Å². The van der Waals surface area contributed by atoms with Gasteiger partial charge in [-0.05, 0) is 62.3 Å². The van der Waals surface area contributed by atoms with Crippen LogP contribution in [0.1, 0.15) is 36.8 Å². The Hall–Kier alpha value is -2.99. The van der Waals surface area contributed by atoms with Gasteiger partial charge in [0.15, 0.2) is 5.65 Å². The average molecular weight is 525 g/mol. The fraction of sp³-hybridized carbons (Fsp3) is 0.480. The van der Waals surface area contributed by atoms with Crippen molar-refractivity contribution in [3.05, 3.63) is 27.7 Å². The number of fused-ring (bicyclic) bond motifs is 1. The molecule has 9 heteroatoms. The van der Waals surface area contributed by atoms with Gasteiger partial charge in [-0.1, -0.05) is 15.9 Å². The van der Waals surface area contributed by atoms with E-state index in [9.17, 15) is 0 Å². The third-order valence-electron chi connectivity index (χ3n) is 6.76. The largest absolute Gasteiger partial charge is 0.384 e. The first-order chi connectivity index (χ1) is 16.4. The van der Waals surface area contributed by atoms with Crippen LogP contribution in [0.5, 0.6) is 0 Å². The molecule has 1 saturated heterocycles. The second kappa shape index (κ2) is 10.1. The number of nitrogens with zero attached hydrogens (tertiary/aromatic N) is 5. The molecule has 1 aliphatic heterocycles. The number of hydrogen-bond donors (Lipinski definition) is 3. The van der Waals surface area contributed by atoms with E-state index in [-0.39, 0.29) is 0 Å². The van der Waals surface area contributed by atoms with E-state index in [1.165, 1.54) is 0 Å². The summed E-state index contributed by atoms with van der Waals surface area (Å²) in [6.07, 6.45) is 3.76. The van der Waals surface area contributed by atoms with Crippen LogP contribution in [0.3, 0.4) is 0 Å². The smallest absolute Gasteiger partial charge is 0.226 e. The first-order valence-corrected chi connectivity index (χ1v) is 12.6. The van der Waals surface area contributed by atoms with Gasteiger partial charge < -0.3 is 20.9 Å². The van der Waals surface area contributed by atoms with Crippen molar-refractivity contribution in [2.75, 3.05) is 55.1 Å². The first kappa shape index (κ1) is 24.1. The Balaban J connectivity index is 1.93. The van der Waals surface area contributed by atoms with Crippen molar-refractivity contribution in [1.82, 2.24) is 14.5 Å². The second-order valence-electron chi connectivity index (χ2n) is 8.89. The number of rotatable bonds is 7. The van der Waals surface area contributed by atoms with E-state index < -0.39 is 0 Å². The minimum Gasteiger partial charge on any atom is -0.384 e. The number of nitriles is 1. The van der Waals surface area contributed by atoms with E-state index in [2.05, 4.69) is 73.4 Å². The van der Waals surface area contributed by atoms with Crippen LogP contribution in [0.15, 0.2) is 16.6 Å². The van der Waals surface area contributed by atoms with Gasteiger partial charge in [0.2, 0.25) is 5.95 Å². The lowest BCUT2D eigenvalue weighted by Gasteiger charge is -2.33. The topological polar surface area (TPSA) is 93.8 Å². The van der Waals surface area contributed by atoms with Gasteiger partial charge in [-0.15, -0.1) is 0 Å². The molecule has 0 saturated carbocycles. The number of hydrogen-bond acceptors (Lipinski definition) is 7. The van der Waals surface area contributed by atoms with Crippen LogP contribution in [0.25, 0.3) is 16.7 Å².